The van der Waals surface area contributed by atoms with E-state index in [0.717, 1.165) is 11.4 Å². The van der Waals surface area contributed by atoms with E-state index in [1.165, 1.54) is 32.1 Å². The third-order valence-corrected chi connectivity index (χ3v) is 4.75. The van der Waals surface area contributed by atoms with Gasteiger partial charge in [0.25, 0.3) is 0 Å². The first kappa shape index (κ1) is 16.0. The number of nitrogens with one attached hydrogen (secondary N) is 1. The van der Waals surface area contributed by atoms with Gasteiger partial charge in [-0.2, -0.15) is 10.2 Å². The van der Waals surface area contributed by atoms with Crippen molar-refractivity contribution in [2.24, 2.45) is 0 Å². The lowest BCUT2D eigenvalue weighted by molar-refractivity contribution is 0.277. The van der Waals surface area contributed by atoms with E-state index in [9.17, 15) is 0 Å². The molecule has 25 heavy (non-hydrogen) atoms. The average molecular weight is 341 g/mol. The third kappa shape index (κ3) is 3.48. The molecular weight excluding hydrogens is 318 g/mol. The van der Waals surface area contributed by atoms with Crippen molar-refractivity contribution in [2.45, 2.75) is 51.0 Å². The molecule has 3 aromatic heterocycles. The van der Waals surface area contributed by atoms with Crippen LogP contribution in [0.1, 0.15) is 50.1 Å². The second-order valence-corrected chi connectivity index (χ2v) is 6.57. The van der Waals surface area contributed by atoms with E-state index in [1.807, 2.05) is 17.1 Å². The Kier molecular flexibility index (Phi) is 4.60. The molecule has 4 rings (SSSR count). The van der Waals surface area contributed by atoms with Crippen molar-refractivity contribution in [3.8, 4) is 0 Å². The van der Waals surface area contributed by atoms with Gasteiger partial charge in [-0.3, -0.25) is 4.68 Å². The second kappa shape index (κ2) is 7.18. The van der Waals surface area contributed by atoms with Crippen molar-refractivity contribution in [3.63, 3.8) is 0 Å². The molecule has 1 aliphatic rings. The van der Waals surface area contributed by atoms with Gasteiger partial charge < -0.3 is 10.4 Å². The van der Waals surface area contributed by atoms with Gasteiger partial charge in [-0.25, -0.2) is 14.5 Å². The summed E-state index contributed by atoms with van der Waals surface area (Å²) in [5, 5.41) is 20.9. The van der Waals surface area contributed by atoms with Gasteiger partial charge in [0.2, 0.25) is 0 Å². The fourth-order valence-corrected chi connectivity index (χ4v) is 3.45. The SMILES string of the molecule is OCCCn1cc(Nc2nc(C3CCCCC3)cn3ncnc23)cn1. The van der Waals surface area contributed by atoms with Crippen LogP contribution in [0.25, 0.3) is 5.65 Å². The molecule has 132 valence electrons. The van der Waals surface area contributed by atoms with Gasteiger partial charge in [0.15, 0.2) is 11.5 Å². The molecule has 3 aromatic rings. The van der Waals surface area contributed by atoms with Crippen molar-refractivity contribution in [1.29, 1.82) is 0 Å². The number of aryl methyl sites for hydroxylation is 1. The molecule has 0 unspecified atom stereocenters. The number of nitrogens with zero attached hydrogens (tertiary/aromatic N) is 6. The average Bonchev–Trinajstić information content (AvgIpc) is 3.30. The van der Waals surface area contributed by atoms with Gasteiger partial charge in [-0.1, -0.05) is 19.3 Å². The van der Waals surface area contributed by atoms with E-state index in [-0.39, 0.29) is 6.61 Å². The Balaban J connectivity index is 1.61. The molecule has 1 saturated carbocycles. The fourth-order valence-electron chi connectivity index (χ4n) is 3.45. The molecule has 1 fully saturated rings. The van der Waals surface area contributed by atoms with E-state index in [0.29, 0.717) is 30.3 Å². The van der Waals surface area contributed by atoms with Crippen molar-refractivity contribution in [3.05, 3.63) is 30.6 Å². The molecule has 0 aliphatic heterocycles. The van der Waals surface area contributed by atoms with Gasteiger partial charge >= 0.3 is 0 Å². The van der Waals surface area contributed by atoms with Crippen molar-refractivity contribution in [2.75, 3.05) is 11.9 Å². The van der Waals surface area contributed by atoms with E-state index in [4.69, 9.17) is 10.1 Å². The van der Waals surface area contributed by atoms with Crippen molar-refractivity contribution >= 4 is 17.2 Å². The second-order valence-electron chi connectivity index (χ2n) is 6.57. The summed E-state index contributed by atoms with van der Waals surface area (Å²) in [4.78, 5) is 9.18. The van der Waals surface area contributed by atoms with E-state index < -0.39 is 0 Å². The number of aliphatic hydroxyl groups excluding tert-OH is 1. The number of aromatic nitrogens is 6. The quantitative estimate of drug-likeness (QED) is 0.715. The molecule has 0 radical (unpaired) electrons. The molecule has 8 heteroatoms. The predicted molar refractivity (Wildman–Crippen MR) is 93.8 cm³/mol. The van der Waals surface area contributed by atoms with Crippen LogP contribution in [0, 0.1) is 0 Å². The maximum absolute atomic E-state index is 8.93. The van der Waals surface area contributed by atoms with E-state index in [2.05, 4.69) is 20.5 Å². The van der Waals surface area contributed by atoms with Gasteiger partial charge in [0, 0.05) is 25.3 Å². The van der Waals surface area contributed by atoms with Crippen LogP contribution >= 0.6 is 0 Å². The monoisotopic (exact) mass is 341 g/mol. The van der Waals surface area contributed by atoms with Gasteiger partial charge in [0.1, 0.15) is 6.33 Å². The lowest BCUT2D eigenvalue weighted by atomic mass is 9.87. The van der Waals surface area contributed by atoms with Crippen LogP contribution < -0.4 is 5.32 Å². The highest BCUT2D eigenvalue weighted by Crippen LogP contribution is 2.32. The first-order chi connectivity index (χ1) is 12.3. The molecule has 2 N–H and O–H groups in total. The predicted octanol–water partition coefficient (Wildman–Crippen LogP) is 2.49. The maximum Gasteiger partial charge on any atom is 0.198 e. The Morgan fingerprint density at radius 3 is 2.88 bits per heavy atom. The molecule has 0 aromatic carbocycles. The number of hydrogen-bond donors (Lipinski definition) is 2. The Bertz CT molecular complexity index is 835. The number of rotatable bonds is 6. The summed E-state index contributed by atoms with van der Waals surface area (Å²) in [6, 6.07) is 0. The standard InChI is InChI=1S/C17H23N7O/c25-8-4-7-23-10-14(9-19-23)21-16-17-18-12-20-24(17)11-15(22-16)13-5-2-1-3-6-13/h9-13,25H,1-8H2,(H,21,22). The van der Waals surface area contributed by atoms with Gasteiger partial charge in [-0.05, 0) is 19.3 Å². The van der Waals surface area contributed by atoms with Crippen molar-refractivity contribution < 1.29 is 5.11 Å². The van der Waals surface area contributed by atoms with Crippen LogP contribution in [-0.4, -0.2) is 41.1 Å². The van der Waals surface area contributed by atoms with E-state index in [1.54, 1.807) is 17.0 Å². The van der Waals surface area contributed by atoms with Crippen molar-refractivity contribution in [1.82, 2.24) is 29.4 Å². The Morgan fingerprint density at radius 1 is 1.16 bits per heavy atom. The van der Waals surface area contributed by atoms with Gasteiger partial charge in [-0.15, -0.1) is 0 Å². The molecular formula is C17H23N7O. The topological polar surface area (TPSA) is 93.2 Å². The summed E-state index contributed by atoms with van der Waals surface area (Å²) >= 11 is 0. The molecule has 0 bridgehead atoms. The first-order valence-corrected chi connectivity index (χ1v) is 8.94. The Morgan fingerprint density at radius 2 is 2.04 bits per heavy atom. The highest BCUT2D eigenvalue weighted by molar-refractivity contribution is 5.68. The Labute approximate surface area is 145 Å². The fraction of sp³-hybridized carbons (Fsp3) is 0.529. The summed E-state index contributed by atoms with van der Waals surface area (Å²) in [6.07, 6.45) is 14.1. The zero-order valence-corrected chi connectivity index (χ0v) is 14.2. The molecule has 1 aliphatic carbocycles. The van der Waals surface area contributed by atoms with Crippen LogP contribution in [0.5, 0.6) is 0 Å². The van der Waals surface area contributed by atoms with Crippen LogP contribution in [0.15, 0.2) is 24.9 Å². The minimum Gasteiger partial charge on any atom is -0.396 e. The molecule has 0 atom stereocenters. The molecule has 8 nitrogen and oxygen atoms in total. The van der Waals surface area contributed by atoms with E-state index >= 15 is 0 Å². The lowest BCUT2D eigenvalue weighted by Crippen LogP contribution is -2.10. The first-order valence-electron chi connectivity index (χ1n) is 8.94. The highest BCUT2D eigenvalue weighted by atomic mass is 16.3. The summed E-state index contributed by atoms with van der Waals surface area (Å²) in [7, 11) is 0. The van der Waals surface area contributed by atoms with Crippen LogP contribution in [0.4, 0.5) is 11.5 Å². The molecule has 0 saturated heterocycles. The molecule has 0 amide bonds. The number of aliphatic hydroxyl groups is 1. The molecule has 3 heterocycles. The minimum absolute atomic E-state index is 0.161. The zero-order chi connectivity index (χ0) is 17.1. The summed E-state index contributed by atoms with van der Waals surface area (Å²) in [5.74, 6) is 1.21. The van der Waals surface area contributed by atoms with Gasteiger partial charge in [0.05, 0.1) is 23.8 Å². The normalized spacial score (nSPS) is 15.7. The zero-order valence-electron chi connectivity index (χ0n) is 14.2. The maximum atomic E-state index is 8.93. The highest BCUT2D eigenvalue weighted by Gasteiger charge is 2.19. The summed E-state index contributed by atoms with van der Waals surface area (Å²) in [5.41, 5.74) is 2.65. The lowest BCUT2D eigenvalue weighted by Gasteiger charge is -2.21. The van der Waals surface area contributed by atoms with Crippen LogP contribution in [0.3, 0.4) is 0 Å². The summed E-state index contributed by atoms with van der Waals surface area (Å²) < 4.78 is 3.61. The Hall–Kier alpha value is -2.48. The number of fused-ring (bicyclic) bond motifs is 1. The number of anilines is 2. The largest absolute Gasteiger partial charge is 0.396 e. The smallest absolute Gasteiger partial charge is 0.198 e. The minimum atomic E-state index is 0.161. The van der Waals surface area contributed by atoms with Crippen LogP contribution in [-0.2, 0) is 6.54 Å². The molecule has 0 spiro atoms. The van der Waals surface area contributed by atoms with Crippen LogP contribution in [0.2, 0.25) is 0 Å². The number of hydrogen-bond acceptors (Lipinski definition) is 6. The summed E-state index contributed by atoms with van der Waals surface area (Å²) in [6.45, 7) is 0.849. The third-order valence-electron chi connectivity index (χ3n) is 4.75.